The zero-order valence-electron chi connectivity index (χ0n) is 37.2. The summed E-state index contributed by atoms with van der Waals surface area (Å²) in [5.74, 6) is -0.513. The van der Waals surface area contributed by atoms with Crippen molar-refractivity contribution in [3.05, 3.63) is 161 Å². The van der Waals surface area contributed by atoms with Gasteiger partial charge in [-0.1, -0.05) is 88.5 Å². The van der Waals surface area contributed by atoms with E-state index in [0.29, 0.717) is 90.1 Å². The molecule has 6 aromatic rings. The van der Waals surface area contributed by atoms with Crippen LogP contribution in [0.4, 0.5) is 34.1 Å². The molecule has 15 nitrogen and oxygen atoms in total. The zero-order chi connectivity index (χ0) is 45.5. The topological polar surface area (TPSA) is 240 Å². The van der Waals surface area contributed by atoms with Gasteiger partial charge in [0.05, 0.1) is 59.8 Å². The number of aliphatic imine (C=N–C) groups is 3. The van der Waals surface area contributed by atoms with E-state index in [1.807, 2.05) is 93.6 Å². The van der Waals surface area contributed by atoms with E-state index in [0.717, 1.165) is 16.7 Å². The summed E-state index contributed by atoms with van der Waals surface area (Å²) >= 11 is 0. The van der Waals surface area contributed by atoms with Gasteiger partial charge >= 0.3 is 40.4 Å². The molecule has 0 saturated heterocycles. The molecule has 0 unspecified atom stereocenters. The van der Waals surface area contributed by atoms with Crippen molar-refractivity contribution in [2.75, 3.05) is 39.3 Å². The first kappa shape index (κ1) is 53.6. The maximum Gasteiger partial charge on any atom is 3.00 e. The molecular formula is C50H51N11O4Sm+. The van der Waals surface area contributed by atoms with Gasteiger partial charge in [0.2, 0.25) is 0 Å². The molecule has 0 atom stereocenters. The van der Waals surface area contributed by atoms with Gasteiger partial charge in [-0.3, -0.25) is 19.9 Å². The van der Waals surface area contributed by atoms with E-state index in [4.69, 9.17) is 5.26 Å². The van der Waals surface area contributed by atoms with Crippen LogP contribution in [0.5, 0.6) is 17.2 Å². The third-order valence-electron chi connectivity index (χ3n) is 9.25. The molecule has 0 spiro atoms. The first-order chi connectivity index (χ1) is 31.1. The molecule has 1 radical (unpaired) electrons. The Bertz CT molecular complexity index is 2380. The van der Waals surface area contributed by atoms with Crippen molar-refractivity contribution in [1.29, 1.82) is 5.26 Å². The first-order valence-electron chi connectivity index (χ1n) is 20.5. The van der Waals surface area contributed by atoms with E-state index in [1.54, 1.807) is 61.1 Å². The average Bonchev–Trinajstić information content (AvgIpc) is 3.29. The molecule has 0 fully saturated rings. The second-order valence-corrected chi connectivity index (χ2v) is 14.4. The van der Waals surface area contributed by atoms with Gasteiger partial charge in [0.1, 0.15) is 0 Å². The van der Waals surface area contributed by atoms with Crippen LogP contribution in [0.2, 0.25) is 0 Å². The van der Waals surface area contributed by atoms with Gasteiger partial charge in [-0.25, -0.2) is 0 Å². The van der Waals surface area contributed by atoms with Crippen molar-refractivity contribution >= 4 is 52.8 Å². The Morgan fingerprint density at radius 1 is 0.439 bits per heavy atom. The maximum atomic E-state index is 12.6. The Balaban J connectivity index is 0.00000225. The van der Waals surface area contributed by atoms with Crippen molar-refractivity contribution in [2.24, 2.45) is 45.7 Å². The molecule has 0 aliphatic rings. The zero-order valence-corrected chi connectivity index (χ0v) is 39.8. The van der Waals surface area contributed by atoms with Crippen LogP contribution in [0.25, 0.3) is 0 Å². The molecule has 0 aliphatic heterocycles. The van der Waals surface area contributed by atoms with Crippen molar-refractivity contribution < 1.29 is 61.2 Å². The summed E-state index contributed by atoms with van der Waals surface area (Å²) in [7, 11) is 0. The summed E-state index contributed by atoms with van der Waals surface area (Å²) in [6, 6.07) is 39.0. The monoisotopic (exact) mass is 1020 g/mol. The Morgan fingerprint density at radius 2 is 0.667 bits per heavy atom. The van der Waals surface area contributed by atoms with Crippen LogP contribution in [-0.2, 0) is 5.48 Å². The van der Waals surface area contributed by atoms with Crippen LogP contribution >= 0.6 is 0 Å². The summed E-state index contributed by atoms with van der Waals surface area (Å²) in [6.45, 7) is 10.2. The number of hydrogen-bond donors (Lipinski definition) is 0. The molecular weight excluding hydrogens is 969 g/mol. The van der Waals surface area contributed by atoms with Crippen LogP contribution in [0.3, 0.4) is 0 Å². The predicted octanol–water partition coefficient (Wildman–Crippen LogP) is 9.65. The minimum Gasteiger partial charge on any atom is -0.872 e. The fourth-order valence-corrected chi connectivity index (χ4v) is 5.70. The molecule has 0 aromatic heterocycles. The summed E-state index contributed by atoms with van der Waals surface area (Å²) in [5, 5.41) is 70.9. The number of aryl methyl sites for hydroxylation is 3. The Hall–Kier alpha value is -6.72. The normalized spacial score (nSPS) is 11.4. The van der Waals surface area contributed by atoms with Crippen LogP contribution in [0, 0.1) is 72.5 Å². The summed E-state index contributed by atoms with van der Waals surface area (Å²) in [6.07, 6.45) is 4.67. The Morgan fingerprint density at radius 3 is 0.924 bits per heavy atom. The van der Waals surface area contributed by atoms with E-state index in [9.17, 15) is 15.3 Å². The van der Waals surface area contributed by atoms with Crippen LogP contribution in [0.15, 0.2) is 173 Å². The molecule has 66 heavy (non-hydrogen) atoms. The molecule has 6 rings (SSSR count). The molecule has 6 aromatic carbocycles. The largest absolute Gasteiger partial charge is 3.00 e. The van der Waals surface area contributed by atoms with E-state index >= 15 is 0 Å². The fourth-order valence-electron chi connectivity index (χ4n) is 5.70. The van der Waals surface area contributed by atoms with Gasteiger partial charge in [0, 0.05) is 45.2 Å². The number of hydrogen-bond acceptors (Lipinski definition) is 14. The van der Waals surface area contributed by atoms with E-state index in [2.05, 4.69) is 50.6 Å². The van der Waals surface area contributed by atoms with E-state index in [1.165, 1.54) is 25.1 Å². The summed E-state index contributed by atoms with van der Waals surface area (Å²) < 4.78 is 0. The van der Waals surface area contributed by atoms with Crippen LogP contribution < -0.4 is 15.3 Å². The van der Waals surface area contributed by atoms with Gasteiger partial charge in [-0.15, -0.1) is 0 Å². The SMILES string of the molecule is CC#N.Cc1ccc(N=Nc2ccc([O-])c(C=NCCN(CCN=Cc3cc(N=Nc4ccc(C)cc4)ccc3[O-])CCN=Cc3cc(N=Nc4ccc(C)cc4)ccc3[O-])c2)cc1.[OH3+].[Sm+3]. The van der Waals surface area contributed by atoms with Crippen molar-refractivity contribution in [3.63, 3.8) is 0 Å². The molecule has 3 N–H and O–H groups in total. The molecule has 0 heterocycles. The molecule has 0 bridgehead atoms. The molecule has 335 valence electrons. The first-order valence-corrected chi connectivity index (χ1v) is 20.5. The number of azo groups is 3. The van der Waals surface area contributed by atoms with Gasteiger partial charge in [0.25, 0.3) is 0 Å². The van der Waals surface area contributed by atoms with Crippen molar-refractivity contribution in [3.8, 4) is 23.3 Å². The fraction of sp³-hybridized carbons (Fsp3) is 0.200. The van der Waals surface area contributed by atoms with Gasteiger partial charge in [-0.2, -0.15) is 35.9 Å². The minimum atomic E-state index is -0.171. The molecule has 16 heteroatoms. The molecule has 0 aliphatic carbocycles. The summed E-state index contributed by atoms with van der Waals surface area (Å²) in [5.41, 5.74) is 8.37. The smallest absolute Gasteiger partial charge is 0.872 e. The van der Waals surface area contributed by atoms with Crippen LogP contribution in [-0.4, -0.2) is 62.8 Å². The van der Waals surface area contributed by atoms with E-state index < -0.39 is 0 Å². The second-order valence-electron chi connectivity index (χ2n) is 14.4. The Labute approximate surface area is 417 Å². The van der Waals surface area contributed by atoms with E-state index in [-0.39, 0.29) is 63.1 Å². The van der Waals surface area contributed by atoms with Gasteiger partial charge in [-0.05, 0) is 110 Å². The number of nitriles is 1. The predicted molar refractivity (Wildman–Crippen MR) is 254 cm³/mol. The standard InChI is InChI=1S/C48H48N10O3.C2H3N.H2O.Sm/c1-34-4-10-40(11-5-34)52-55-43-16-19-46(59)37(28-43)31-49-22-25-58(26-23-50-32-38-29-44(17-20-47(38)60)56-53-41-12-6-35(2)7-13-41)27-24-51-33-39-30-45(18-21-48(39)61)57-54-42-14-8-36(3)9-15-42;1-2-3;;/h4-21,28-33,59-61H,22-27H2,1-3H3;1H3;1H2;/q;;;+3/p-2. The van der Waals surface area contributed by atoms with Gasteiger partial charge in [0.15, 0.2) is 0 Å². The maximum absolute atomic E-state index is 12.6. The number of rotatable bonds is 18. The van der Waals surface area contributed by atoms with Crippen molar-refractivity contribution in [1.82, 2.24) is 4.90 Å². The Kier molecular flexibility index (Phi) is 23.5. The quantitative estimate of drug-likeness (QED) is 0.0463. The molecule has 0 saturated carbocycles. The summed E-state index contributed by atoms with van der Waals surface area (Å²) in [4.78, 5) is 15.8. The van der Waals surface area contributed by atoms with Crippen LogP contribution in [0.1, 0.15) is 40.3 Å². The second kappa shape index (κ2) is 28.9. The number of benzene rings is 6. The molecule has 0 amide bonds. The third-order valence-corrected chi connectivity index (χ3v) is 9.25. The third kappa shape index (κ3) is 18.8. The minimum absolute atomic E-state index is 0. The van der Waals surface area contributed by atoms with Crippen molar-refractivity contribution in [2.45, 2.75) is 27.7 Å². The average molecular weight is 1020 g/mol. The van der Waals surface area contributed by atoms with Gasteiger partial charge < -0.3 is 20.8 Å². The number of nitrogens with zero attached hydrogens (tertiary/aromatic N) is 11.